The summed E-state index contributed by atoms with van der Waals surface area (Å²) in [6.07, 6.45) is 3.68. The van der Waals surface area contributed by atoms with Gasteiger partial charge >= 0.3 is 0 Å². The fourth-order valence-corrected chi connectivity index (χ4v) is 3.39. The molecule has 2 nitrogen and oxygen atoms in total. The van der Waals surface area contributed by atoms with Crippen LogP contribution in [0.3, 0.4) is 0 Å². The highest BCUT2D eigenvalue weighted by atomic mass is 79.9. The van der Waals surface area contributed by atoms with E-state index in [2.05, 4.69) is 46.0 Å². The summed E-state index contributed by atoms with van der Waals surface area (Å²) >= 11 is 3.70. The van der Waals surface area contributed by atoms with E-state index in [-0.39, 0.29) is 0 Å². The Morgan fingerprint density at radius 3 is 2.71 bits per heavy atom. The van der Waals surface area contributed by atoms with Crippen molar-refractivity contribution in [2.45, 2.75) is 32.1 Å². The molecular weight excluding hydrogens is 276 g/mol. The summed E-state index contributed by atoms with van der Waals surface area (Å²) in [6.45, 7) is 5.41. The fraction of sp³-hybridized carbons (Fsp3) is 0.571. The fourth-order valence-electron chi connectivity index (χ4n) is 2.64. The predicted octanol–water partition coefficient (Wildman–Crippen LogP) is 3.50. The van der Waals surface area contributed by atoms with Gasteiger partial charge in [-0.1, -0.05) is 28.9 Å². The zero-order valence-electron chi connectivity index (χ0n) is 10.5. The monoisotopic (exact) mass is 296 g/mol. The quantitative estimate of drug-likeness (QED) is 0.921. The number of benzene rings is 1. The molecule has 0 spiro atoms. The maximum Gasteiger partial charge on any atom is 0.0412 e. The zero-order chi connectivity index (χ0) is 12.3. The van der Waals surface area contributed by atoms with Crippen molar-refractivity contribution in [3.8, 4) is 0 Å². The van der Waals surface area contributed by atoms with Crippen LogP contribution in [0, 0.1) is 0 Å². The molecule has 0 saturated carbocycles. The molecule has 0 aromatic heterocycles. The average Bonchev–Trinajstić information content (AvgIpc) is 2.82. The molecule has 0 aliphatic carbocycles. The lowest BCUT2D eigenvalue weighted by Crippen LogP contribution is -2.20. The van der Waals surface area contributed by atoms with E-state index in [0.29, 0.717) is 5.92 Å². The molecule has 1 saturated heterocycles. The Balaban J connectivity index is 2.33. The van der Waals surface area contributed by atoms with E-state index in [9.17, 15) is 0 Å². The van der Waals surface area contributed by atoms with Crippen molar-refractivity contribution in [2.24, 2.45) is 5.73 Å². The van der Waals surface area contributed by atoms with Gasteiger partial charge in [-0.2, -0.15) is 0 Å². The first kappa shape index (κ1) is 12.9. The van der Waals surface area contributed by atoms with Gasteiger partial charge in [-0.25, -0.2) is 0 Å². The third kappa shape index (κ3) is 2.83. The van der Waals surface area contributed by atoms with Crippen LogP contribution in [-0.2, 0) is 0 Å². The van der Waals surface area contributed by atoms with E-state index in [4.69, 9.17) is 5.73 Å². The molecule has 17 heavy (non-hydrogen) atoms. The van der Waals surface area contributed by atoms with Crippen LogP contribution in [0.5, 0.6) is 0 Å². The minimum atomic E-state index is 0.520. The molecule has 1 fully saturated rings. The lowest BCUT2D eigenvalue weighted by Gasteiger charge is -2.25. The van der Waals surface area contributed by atoms with Crippen LogP contribution in [-0.4, -0.2) is 19.6 Å². The highest BCUT2D eigenvalue weighted by Gasteiger charge is 2.20. The Morgan fingerprint density at radius 1 is 1.35 bits per heavy atom. The zero-order valence-corrected chi connectivity index (χ0v) is 12.0. The van der Waals surface area contributed by atoms with Gasteiger partial charge in [0.2, 0.25) is 0 Å². The summed E-state index contributed by atoms with van der Waals surface area (Å²) in [7, 11) is 0. The Bertz CT molecular complexity index is 372. The Kier molecular flexibility index (Phi) is 4.46. The Morgan fingerprint density at radius 2 is 2.06 bits per heavy atom. The molecule has 0 amide bonds. The molecule has 1 heterocycles. The van der Waals surface area contributed by atoms with Crippen molar-refractivity contribution >= 4 is 21.6 Å². The SMILES string of the molecule is CC(CCN)c1c(Br)cccc1N1CCCC1. The Hall–Kier alpha value is -0.540. The van der Waals surface area contributed by atoms with Crippen LogP contribution in [0.15, 0.2) is 22.7 Å². The number of rotatable bonds is 4. The molecule has 1 aliphatic rings. The maximum atomic E-state index is 5.69. The van der Waals surface area contributed by atoms with E-state index in [0.717, 1.165) is 13.0 Å². The van der Waals surface area contributed by atoms with Gasteiger partial charge in [0.25, 0.3) is 0 Å². The van der Waals surface area contributed by atoms with Gasteiger partial charge in [-0.3, -0.25) is 0 Å². The average molecular weight is 297 g/mol. The summed E-state index contributed by atoms with van der Waals surface area (Å²) in [5.41, 5.74) is 8.52. The van der Waals surface area contributed by atoms with E-state index < -0.39 is 0 Å². The third-order valence-electron chi connectivity index (χ3n) is 3.57. The first-order chi connectivity index (χ1) is 8.24. The van der Waals surface area contributed by atoms with Crippen LogP contribution in [0.2, 0.25) is 0 Å². The molecular formula is C14H21BrN2. The standard InChI is InChI=1S/C14H21BrN2/c1-11(7-8-16)14-12(15)5-4-6-13(14)17-9-2-3-10-17/h4-6,11H,2-3,7-10,16H2,1H3. The molecule has 1 aromatic rings. The largest absolute Gasteiger partial charge is 0.371 e. The van der Waals surface area contributed by atoms with Crippen LogP contribution >= 0.6 is 15.9 Å². The van der Waals surface area contributed by atoms with E-state index >= 15 is 0 Å². The highest BCUT2D eigenvalue weighted by Crippen LogP contribution is 2.36. The third-order valence-corrected chi connectivity index (χ3v) is 4.26. The number of anilines is 1. The summed E-state index contributed by atoms with van der Waals surface area (Å²) in [5.74, 6) is 0.520. The van der Waals surface area contributed by atoms with Crippen molar-refractivity contribution in [1.29, 1.82) is 0 Å². The first-order valence-corrected chi connectivity index (χ1v) is 7.26. The predicted molar refractivity (Wildman–Crippen MR) is 77.7 cm³/mol. The second-order valence-electron chi connectivity index (χ2n) is 4.85. The lowest BCUT2D eigenvalue weighted by atomic mass is 9.95. The highest BCUT2D eigenvalue weighted by molar-refractivity contribution is 9.10. The van der Waals surface area contributed by atoms with Crippen molar-refractivity contribution in [1.82, 2.24) is 0 Å². The molecule has 1 atom stereocenters. The van der Waals surface area contributed by atoms with Gasteiger partial charge in [-0.15, -0.1) is 0 Å². The summed E-state index contributed by atoms with van der Waals surface area (Å²) in [4.78, 5) is 2.51. The van der Waals surface area contributed by atoms with Gasteiger partial charge in [0.05, 0.1) is 0 Å². The van der Waals surface area contributed by atoms with Crippen LogP contribution in [0.25, 0.3) is 0 Å². The molecule has 2 N–H and O–H groups in total. The molecule has 1 aromatic carbocycles. The molecule has 0 radical (unpaired) electrons. The van der Waals surface area contributed by atoms with Crippen molar-refractivity contribution in [3.63, 3.8) is 0 Å². The Labute approximate surface area is 112 Å². The number of hydrogen-bond acceptors (Lipinski definition) is 2. The molecule has 1 aliphatic heterocycles. The normalized spacial score (nSPS) is 17.5. The summed E-state index contributed by atoms with van der Waals surface area (Å²) < 4.78 is 1.22. The topological polar surface area (TPSA) is 29.3 Å². The second kappa shape index (κ2) is 5.87. The van der Waals surface area contributed by atoms with Crippen LogP contribution < -0.4 is 10.6 Å². The van der Waals surface area contributed by atoms with Crippen LogP contribution in [0.1, 0.15) is 37.7 Å². The molecule has 0 bridgehead atoms. The van der Waals surface area contributed by atoms with Gasteiger partial charge < -0.3 is 10.6 Å². The minimum Gasteiger partial charge on any atom is -0.371 e. The van der Waals surface area contributed by atoms with E-state index in [1.54, 1.807) is 0 Å². The lowest BCUT2D eigenvalue weighted by molar-refractivity contribution is 0.684. The number of nitrogens with zero attached hydrogens (tertiary/aromatic N) is 1. The molecule has 94 valence electrons. The number of hydrogen-bond donors (Lipinski definition) is 1. The maximum absolute atomic E-state index is 5.69. The summed E-state index contributed by atoms with van der Waals surface area (Å²) in [6, 6.07) is 6.52. The van der Waals surface area contributed by atoms with Crippen molar-refractivity contribution < 1.29 is 0 Å². The van der Waals surface area contributed by atoms with Gasteiger partial charge in [0, 0.05) is 23.2 Å². The van der Waals surface area contributed by atoms with Crippen LogP contribution in [0.4, 0.5) is 5.69 Å². The van der Waals surface area contributed by atoms with Crippen molar-refractivity contribution in [2.75, 3.05) is 24.5 Å². The van der Waals surface area contributed by atoms with E-state index in [1.165, 1.54) is 41.7 Å². The van der Waals surface area contributed by atoms with Gasteiger partial charge in [0.1, 0.15) is 0 Å². The van der Waals surface area contributed by atoms with E-state index in [1.807, 2.05) is 0 Å². The molecule has 2 rings (SSSR count). The summed E-state index contributed by atoms with van der Waals surface area (Å²) in [5, 5.41) is 0. The number of halogens is 1. The number of nitrogens with two attached hydrogens (primary N) is 1. The smallest absolute Gasteiger partial charge is 0.0412 e. The minimum absolute atomic E-state index is 0.520. The molecule has 3 heteroatoms. The van der Waals surface area contributed by atoms with Gasteiger partial charge in [0.15, 0.2) is 0 Å². The molecule has 1 unspecified atom stereocenters. The van der Waals surface area contributed by atoms with Crippen molar-refractivity contribution in [3.05, 3.63) is 28.2 Å². The van der Waals surface area contributed by atoms with Gasteiger partial charge in [-0.05, 0) is 49.4 Å². The second-order valence-corrected chi connectivity index (χ2v) is 5.70. The first-order valence-electron chi connectivity index (χ1n) is 6.47.